The van der Waals surface area contributed by atoms with Gasteiger partial charge in [-0.3, -0.25) is 4.79 Å². The Hall–Kier alpha value is -1.84. The number of hydrogen-bond acceptors (Lipinski definition) is 6. The fourth-order valence-electron chi connectivity index (χ4n) is 2.18. The van der Waals surface area contributed by atoms with Crippen LogP contribution in [0.3, 0.4) is 0 Å². The van der Waals surface area contributed by atoms with Crippen LogP contribution in [0.15, 0.2) is 22.5 Å². The molecule has 0 saturated heterocycles. The molecule has 0 bridgehead atoms. The quantitative estimate of drug-likeness (QED) is 0.717. The Morgan fingerprint density at radius 1 is 1.20 bits per heavy atom. The van der Waals surface area contributed by atoms with Crippen molar-refractivity contribution in [1.82, 2.24) is 14.9 Å². The van der Waals surface area contributed by atoms with Gasteiger partial charge in [-0.25, -0.2) is 13.1 Å². The maximum atomic E-state index is 12.6. The zero-order valence-corrected chi connectivity index (χ0v) is 16.3. The summed E-state index contributed by atoms with van der Waals surface area (Å²) in [6.45, 7) is 7.62. The van der Waals surface area contributed by atoms with Gasteiger partial charge in [0.2, 0.25) is 15.4 Å². The average molecular weight is 383 g/mol. The monoisotopic (exact) mass is 382 g/mol. The van der Waals surface area contributed by atoms with E-state index in [-0.39, 0.29) is 27.8 Å². The van der Waals surface area contributed by atoms with Crippen molar-refractivity contribution >= 4 is 32.4 Å². The zero-order chi connectivity index (χ0) is 18.6. The molecule has 2 N–H and O–H groups in total. The average Bonchev–Trinajstić information content (AvgIpc) is 3.04. The standard InChI is InChI=1S/C16H22N4O3S2/c1-5-13(12-8-7-10(3)11(4)9-12)20-25(22,23)16-19-18-15(24-16)17-14(21)6-2/h7-9,13,20H,5-6H2,1-4H3,(H,17,18,21)/t13-/m0/s1. The van der Waals surface area contributed by atoms with Gasteiger partial charge < -0.3 is 5.32 Å². The van der Waals surface area contributed by atoms with E-state index in [4.69, 9.17) is 0 Å². The van der Waals surface area contributed by atoms with Gasteiger partial charge in [-0.05, 0) is 37.0 Å². The van der Waals surface area contributed by atoms with Gasteiger partial charge in [-0.15, -0.1) is 10.2 Å². The van der Waals surface area contributed by atoms with Gasteiger partial charge in [0.25, 0.3) is 10.0 Å². The highest BCUT2D eigenvalue weighted by Gasteiger charge is 2.25. The summed E-state index contributed by atoms with van der Waals surface area (Å²) >= 11 is 0.832. The Labute approximate surface area is 151 Å². The van der Waals surface area contributed by atoms with Crippen LogP contribution >= 0.6 is 11.3 Å². The third-order valence-electron chi connectivity index (χ3n) is 3.84. The maximum Gasteiger partial charge on any atom is 0.270 e. The van der Waals surface area contributed by atoms with Crippen molar-refractivity contribution in [2.45, 2.75) is 50.9 Å². The normalized spacial score (nSPS) is 12.8. The van der Waals surface area contributed by atoms with Crippen LogP contribution in [0.1, 0.15) is 49.4 Å². The molecule has 1 atom stereocenters. The van der Waals surface area contributed by atoms with E-state index in [2.05, 4.69) is 20.2 Å². The van der Waals surface area contributed by atoms with Gasteiger partial charge in [-0.1, -0.05) is 43.4 Å². The van der Waals surface area contributed by atoms with Gasteiger partial charge in [0.1, 0.15) is 0 Å². The van der Waals surface area contributed by atoms with E-state index in [1.165, 1.54) is 0 Å². The van der Waals surface area contributed by atoms with Crippen molar-refractivity contribution in [2.75, 3.05) is 5.32 Å². The topological polar surface area (TPSA) is 101 Å². The number of anilines is 1. The summed E-state index contributed by atoms with van der Waals surface area (Å²) in [6, 6.07) is 5.53. The molecule has 0 spiro atoms. The van der Waals surface area contributed by atoms with Crippen LogP contribution in [0.25, 0.3) is 0 Å². The summed E-state index contributed by atoms with van der Waals surface area (Å²) in [5, 5.41) is 10.1. The van der Waals surface area contributed by atoms with Crippen molar-refractivity contribution in [1.29, 1.82) is 0 Å². The lowest BCUT2D eigenvalue weighted by Gasteiger charge is -2.17. The molecule has 0 aliphatic carbocycles. The van der Waals surface area contributed by atoms with E-state index in [9.17, 15) is 13.2 Å². The number of carbonyl (C=O) groups excluding carboxylic acids is 1. The lowest BCUT2D eigenvalue weighted by Crippen LogP contribution is -2.28. The highest BCUT2D eigenvalue weighted by atomic mass is 32.2. The lowest BCUT2D eigenvalue weighted by molar-refractivity contribution is -0.115. The first-order chi connectivity index (χ1) is 11.8. The number of nitrogens with zero attached hydrogens (tertiary/aromatic N) is 2. The Balaban J connectivity index is 2.21. The summed E-state index contributed by atoms with van der Waals surface area (Å²) in [5.41, 5.74) is 3.16. The second kappa shape index (κ2) is 8.03. The van der Waals surface area contributed by atoms with Crippen LogP contribution in [0.4, 0.5) is 5.13 Å². The van der Waals surface area contributed by atoms with Crippen molar-refractivity contribution < 1.29 is 13.2 Å². The molecule has 136 valence electrons. The van der Waals surface area contributed by atoms with Gasteiger partial charge in [0.05, 0.1) is 0 Å². The second-order valence-electron chi connectivity index (χ2n) is 5.70. The minimum atomic E-state index is -3.82. The summed E-state index contributed by atoms with van der Waals surface area (Å²) in [5.74, 6) is -0.241. The van der Waals surface area contributed by atoms with Crippen LogP contribution in [0, 0.1) is 13.8 Å². The first kappa shape index (κ1) is 19.5. The van der Waals surface area contributed by atoms with Gasteiger partial charge in [-0.2, -0.15) is 0 Å². The van der Waals surface area contributed by atoms with Crippen LogP contribution in [-0.4, -0.2) is 24.5 Å². The summed E-state index contributed by atoms with van der Waals surface area (Å²) in [6.07, 6.45) is 0.880. The maximum absolute atomic E-state index is 12.6. The molecule has 0 aliphatic heterocycles. The molecule has 9 heteroatoms. The molecule has 0 radical (unpaired) electrons. The first-order valence-electron chi connectivity index (χ1n) is 7.99. The van der Waals surface area contributed by atoms with Crippen molar-refractivity contribution in [3.8, 4) is 0 Å². The van der Waals surface area contributed by atoms with Gasteiger partial charge >= 0.3 is 0 Å². The first-order valence-corrected chi connectivity index (χ1v) is 10.3. The molecule has 7 nitrogen and oxygen atoms in total. The van der Waals surface area contributed by atoms with E-state index in [0.717, 1.165) is 28.0 Å². The van der Waals surface area contributed by atoms with Crippen molar-refractivity contribution in [2.24, 2.45) is 0 Å². The molecule has 25 heavy (non-hydrogen) atoms. The third-order valence-corrected chi connectivity index (χ3v) is 6.52. The fourth-order valence-corrected chi connectivity index (χ4v) is 4.42. The summed E-state index contributed by atoms with van der Waals surface area (Å²) in [4.78, 5) is 11.4. The van der Waals surface area contributed by atoms with E-state index in [1.807, 2.05) is 39.0 Å². The van der Waals surface area contributed by atoms with Crippen molar-refractivity contribution in [3.05, 3.63) is 34.9 Å². The molecule has 1 aromatic carbocycles. The predicted octanol–water partition coefficient (Wildman–Crippen LogP) is 2.93. The molecule has 2 rings (SSSR count). The largest absolute Gasteiger partial charge is 0.301 e. The fraction of sp³-hybridized carbons (Fsp3) is 0.438. The van der Waals surface area contributed by atoms with Crippen LogP contribution in [-0.2, 0) is 14.8 Å². The second-order valence-corrected chi connectivity index (χ2v) is 8.57. The molecule has 1 amide bonds. The zero-order valence-electron chi connectivity index (χ0n) is 14.7. The molecular formula is C16H22N4O3S2. The minimum Gasteiger partial charge on any atom is -0.301 e. The Kier molecular flexibility index (Phi) is 6.26. The number of amides is 1. The Morgan fingerprint density at radius 3 is 2.52 bits per heavy atom. The van der Waals surface area contributed by atoms with Gasteiger partial charge in [0, 0.05) is 12.5 Å². The molecule has 0 unspecified atom stereocenters. The van der Waals surface area contributed by atoms with Crippen LogP contribution in [0.2, 0.25) is 0 Å². The summed E-state index contributed by atoms with van der Waals surface area (Å²) in [7, 11) is -3.82. The Morgan fingerprint density at radius 2 is 1.92 bits per heavy atom. The SMILES string of the molecule is CCC(=O)Nc1nnc(S(=O)(=O)N[C@@H](CC)c2ccc(C)c(C)c2)s1. The minimum absolute atomic E-state index is 0.166. The number of carbonyl (C=O) groups is 1. The van der Waals surface area contributed by atoms with Crippen LogP contribution < -0.4 is 10.0 Å². The summed E-state index contributed by atoms with van der Waals surface area (Å²) < 4.78 is 27.7. The molecule has 0 aliphatic rings. The van der Waals surface area contributed by atoms with E-state index < -0.39 is 10.0 Å². The molecule has 0 saturated carbocycles. The molecule has 1 aromatic heterocycles. The highest BCUT2D eigenvalue weighted by molar-refractivity contribution is 7.91. The number of aromatic nitrogens is 2. The number of hydrogen-bond donors (Lipinski definition) is 2. The van der Waals surface area contributed by atoms with E-state index >= 15 is 0 Å². The van der Waals surface area contributed by atoms with Gasteiger partial charge in [0.15, 0.2) is 0 Å². The van der Waals surface area contributed by atoms with Crippen molar-refractivity contribution in [3.63, 3.8) is 0 Å². The number of rotatable bonds is 7. The van der Waals surface area contributed by atoms with Crippen LogP contribution in [0.5, 0.6) is 0 Å². The number of benzene rings is 1. The molecule has 1 heterocycles. The van der Waals surface area contributed by atoms with E-state index in [0.29, 0.717) is 6.42 Å². The third kappa shape index (κ3) is 4.83. The number of aryl methyl sites for hydroxylation is 2. The molecular weight excluding hydrogens is 360 g/mol. The molecule has 2 aromatic rings. The highest BCUT2D eigenvalue weighted by Crippen LogP contribution is 2.25. The predicted molar refractivity (Wildman–Crippen MR) is 98.1 cm³/mol. The lowest BCUT2D eigenvalue weighted by atomic mass is 10.0. The smallest absolute Gasteiger partial charge is 0.270 e. The number of sulfonamides is 1. The molecule has 0 fully saturated rings. The van der Waals surface area contributed by atoms with E-state index in [1.54, 1.807) is 6.92 Å². The Bertz CT molecular complexity index is 862. The number of nitrogens with one attached hydrogen (secondary N) is 2.